The van der Waals surface area contributed by atoms with Gasteiger partial charge in [0.1, 0.15) is 6.61 Å². The Morgan fingerprint density at radius 1 is 1.03 bits per heavy atom. The van der Waals surface area contributed by atoms with E-state index in [9.17, 15) is 9.59 Å². The fraction of sp³-hybridized carbons (Fsp3) is 0.481. The van der Waals surface area contributed by atoms with Crippen LogP contribution in [-0.4, -0.2) is 45.0 Å². The van der Waals surface area contributed by atoms with Crippen LogP contribution in [0.2, 0.25) is 18.1 Å². The third-order valence-corrected chi connectivity index (χ3v) is 11.5. The van der Waals surface area contributed by atoms with Crippen molar-refractivity contribution >= 4 is 20.4 Å². The van der Waals surface area contributed by atoms with Gasteiger partial charge in [0.25, 0.3) is 0 Å². The second-order valence-corrected chi connectivity index (χ2v) is 15.1. The zero-order valence-electron chi connectivity index (χ0n) is 21.2. The van der Waals surface area contributed by atoms with Crippen molar-refractivity contribution < 1.29 is 23.5 Å². The summed E-state index contributed by atoms with van der Waals surface area (Å²) in [5.74, 6) is -0.381. The summed E-state index contributed by atoms with van der Waals surface area (Å²) in [4.78, 5) is 26.8. The van der Waals surface area contributed by atoms with E-state index in [2.05, 4.69) is 33.9 Å². The van der Waals surface area contributed by atoms with Gasteiger partial charge in [0.05, 0.1) is 18.7 Å². The topological polar surface area (TPSA) is 65.1 Å². The Kier molecular flexibility index (Phi) is 8.20. The third kappa shape index (κ3) is 6.27. The monoisotopic (exact) mass is 483 g/mol. The molecule has 6 nitrogen and oxygen atoms in total. The average molecular weight is 484 g/mol. The van der Waals surface area contributed by atoms with E-state index < -0.39 is 8.32 Å². The van der Waals surface area contributed by atoms with E-state index in [1.807, 2.05) is 42.5 Å². The molecule has 0 aromatic heterocycles. The van der Waals surface area contributed by atoms with Crippen molar-refractivity contribution in [1.29, 1.82) is 0 Å². The molecule has 1 fully saturated rings. The van der Waals surface area contributed by atoms with Gasteiger partial charge in [0.2, 0.25) is 0 Å². The normalized spacial score (nSPS) is 18.9. The van der Waals surface area contributed by atoms with Crippen LogP contribution in [0.4, 0.5) is 4.79 Å². The molecule has 0 spiro atoms. The number of carbonyl (C=O) groups excluding carboxylic acids is 2. The summed E-state index contributed by atoms with van der Waals surface area (Å²) in [6.07, 6.45) is 1.18. The fourth-order valence-corrected chi connectivity index (χ4v) is 5.33. The number of hydrogen-bond donors (Lipinski definition) is 0. The number of methoxy groups -OCH3 is 1. The summed E-state index contributed by atoms with van der Waals surface area (Å²) in [6.45, 7) is 12.0. The number of carbonyl (C=O) groups is 2. The van der Waals surface area contributed by atoms with E-state index in [0.29, 0.717) is 18.5 Å². The number of nitrogens with zero attached hydrogens (tertiary/aromatic N) is 1. The molecule has 0 bridgehead atoms. The first-order valence-electron chi connectivity index (χ1n) is 11.9. The van der Waals surface area contributed by atoms with E-state index >= 15 is 0 Å². The first-order chi connectivity index (χ1) is 16.0. The fourth-order valence-electron chi connectivity index (χ4n) is 3.93. The molecule has 0 aliphatic carbocycles. The number of hydrogen-bond acceptors (Lipinski definition) is 5. The minimum Gasteiger partial charge on any atom is -0.465 e. The van der Waals surface area contributed by atoms with Gasteiger partial charge in [-0.25, -0.2) is 9.59 Å². The average Bonchev–Trinajstić information content (AvgIpc) is 2.82. The zero-order valence-corrected chi connectivity index (χ0v) is 22.2. The molecule has 0 N–H and O–H groups in total. The molecule has 2 aromatic rings. The highest BCUT2D eigenvalue weighted by Gasteiger charge is 2.42. The van der Waals surface area contributed by atoms with Gasteiger partial charge < -0.3 is 18.8 Å². The molecule has 1 saturated heterocycles. The van der Waals surface area contributed by atoms with E-state index in [-0.39, 0.29) is 35.9 Å². The van der Waals surface area contributed by atoms with E-state index in [0.717, 1.165) is 17.5 Å². The van der Waals surface area contributed by atoms with Crippen LogP contribution in [0.15, 0.2) is 54.6 Å². The summed E-state index contributed by atoms with van der Waals surface area (Å²) < 4.78 is 17.2. The van der Waals surface area contributed by atoms with Crippen molar-refractivity contribution in [3.8, 4) is 0 Å². The van der Waals surface area contributed by atoms with Crippen LogP contribution in [0.1, 0.15) is 61.1 Å². The third-order valence-electron chi connectivity index (χ3n) is 6.98. The molecule has 0 saturated carbocycles. The Hall–Kier alpha value is -2.64. The van der Waals surface area contributed by atoms with Crippen molar-refractivity contribution in [3.05, 3.63) is 71.3 Å². The van der Waals surface area contributed by atoms with Gasteiger partial charge in [-0.15, -0.1) is 0 Å². The van der Waals surface area contributed by atoms with Crippen LogP contribution in [0.25, 0.3) is 0 Å². The summed E-state index contributed by atoms with van der Waals surface area (Å²) in [5.41, 5.74) is 2.38. The highest BCUT2D eigenvalue weighted by molar-refractivity contribution is 6.74. The minimum absolute atomic E-state index is 0.0596. The molecular weight excluding hydrogens is 446 g/mol. The molecule has 0 unspecified atom stereocenters. The summed E-state index contributed by atoms with van der Waals surface area (Å²) in [6, 6.07) is 16.7. The molecule has 3 rings (SSSR count). The molecule has 2 aromatic carbocycles. The molecular formula is C27H37NO5Si. The van der Waals surface area contributed by atoms with Crippen LogP contribution < -0.4 is 0 Å². The molecule has 184 valence electrons. The lowest BCUT2D eigenvalue weighted by Gasteiger charge is -2.44. The Bertz CT molecular complexity index is 969. The Labute approximate surface area is 204 Å². The molecule has 34 heavy (non-hydrogen) atoms. The number of benzene rings is 2. The van der Waals surface area contributed by atoms with Crippen molar-refractivity contribution in [2.75, 3.05) is 13.7 Å². The van der Waals surface area contributed by atoms with E-state index in [4.69, 9.17) is 13.9 Å². The summed E-state index contributed by atoms with van der Waals surface area (Å²) in [5, 5.41) is 0.108. The quantitative estimate of drug-likeness (QED) is 0.354. The minimum atomic E-state index is -1.96. The largest absolute Gasteiger partial charge is 0.465 e. The van der Waals surface area contributed by atoms with E-state index in [1.165, 1.54) is 7.11 Å². The van der Waals surface area contributed by atoms with Gasteiger partial charge in [0.15, 0.2) is 8.32 Å². The first kappa shape index (κ1) is 26.0. The van der Waals surface area contributed by atoms with Crippen molar-refractivity contribution in [3.63, 3.8) is 0 Å². The maximum Gasteiger partial charge on any atom is 0.410 e. The van der Waals surface area contributed by atoms with Gasteiger partial charge in [0, 0.05) is 12.6 Å². The maximum absolute atomic E-state index is 13.1. The Morgan fingerprint density at radius 3 is 2.26 bits per heavy atom. The lowest BCUT2D eigenvalue weighted by molar-refractivity contribution is 0.0299. The number of piperidine rings is 1. The molecule has 1 amide bonds. The van der Waals surface area contributed by atoms with Gasteiger partial charge in [-0.3, -0.25) is 0 Å². The molecule has 1 aliphatic rings. The van der Waals surface area contributed by atoms with Crippen molar-refractivity contribution in [1.82, 2.24) is 4.90 Å². The van der Waals surface area contributed by atoms with Gasteiger partial charge in [-0.2, -0.15) is 0 Å². The van der Waals surface area contributed by atoms with E-state index in [1.54, 1.807) is 17.0 Å². The number of ether oxygens (including phenoxy) is 2. The number of likely N-dealkylation sites (tertiary alicyclic amines) is 1. The summed E-state index contributed by atoms with van der Waals surface area (Å²) >= 11 is 0. The zero-order chi connectivity index (χ0) is 24.9. The molecule has 0 radical (unpaired) electrons. The van der Waals surface area contributed by atoms with Gasteiger partial charge in [-0.05, 0) is 54.2 Å². The Balaban J connectivity index is 1.80. The lowest BCUT2D eigenvalue weighted by Crippen LogP contribution is -2.49. The van der Waals surface area contributed by atoms with Crippen LogP contribution in [-0.2, 0) is 20.5 Å². The second-order valence-electron chi connectivity index (χ2n) is 10.4. The highest BCUT2D eigenvalue weighted by Crippen LogP contribution is 2.41. The SMILES string of the molecule is COC(=O)c1ccc([C@@H]2C[C@H](O[Si](C)(C)C(C)(C)C)CCN2C(=O)OCc2ccccc2)cc1. The molecule has 1 heterocycles. The second kappa shape index (κ2) is 10.7. The van der Waals surface area contributed by atoms with Crippen LogP contribution >= 0.6 is 0 Å². The standard InChI is InChI=1S/C27H37NO5Si/c1-27(2,3)34(5,6)33-23-16-17-28(26(30)32-19-20-10-8-7-9-11-20)24(18-23)21-12-14-22(15-13-21)25(29)31-4/h7-15,23-24H,16-19H2,1-6H3/t23-,24+/m1/s1. The number of rotatable bonds is 6. The highest BCUT2D eigenvalue weighted by atomic mass is 28.4. The Morgan fingerprint density at radius 2 is 1.68 bits per heavy atom. The molecule has 1 aliphatic heterocycles. The van der Waals surface area contributed by atoms with Gasteiger partial charge >= 0.3 is 12.1 Å². The van der Waals surface area contributed by atoms with Crippen LogP contribution in [0, 0.1) is 0 Å². The maximum atomic E-state index is 13.1. The summed E-state index contributed by atoms with van der Waals surface area (Å²) in [7, 11) is -0.590. The number of amides is 1. The van der Waals surface area contributed by atoms with Crippen LogP contribution in [0.3, 0.4) is 0 Å². The number of esters is 1. The lowest BCUT2D eigenvalue weighted by atomic mass is 9.93. The smallest absolute Gasteiger partial charge is 0.410 e. The first-order valence-corrected chi connectivity index (χ1v) is 14.8. The molecule has 7 heteroatoms. The van der Waals surface area contributed by atoms with Crippen molar-refractivity contribution in [2.24, 2.45) is 0 Å². The van der Waals surface area contributed by atoms with Crippen LogP contribution in [0.5, 0.6) is 0 Å². The predicted molar refractivity (Wildman–Crippen MR) is 135 cm³/mol. The predicted octanol–water partition coefficient (Wildman–Crippen LogP) is 6.34. The van der Waals surface area contributed by atoms with Crippen molar-refractivity contribution in [2.45, 2.75) is 70.5 Å². The molecule has 2 atom stereocenters. The van der Waals surface area contributed by atoms with Gasteiger partial charge in [-0.1, -0.05) is 63.2 Å².